The van der Waals surface area contributed by atoms with Crippen LogP contribution in [0.25, 0.3) is 22.6 Å². The highest BCUT2D eigenvalue weighted by molar-refractivity contribution is 5.97. The van der Waals surface area contributed by atoms with Gasteiger partial charge in [0.05, 0.1) is 7.11 Å². The third kappa shape index (κ3) is 4.58. The lowest BCUT2D eigenvalue weighted by molar-refractivity contribution is 0.413. The minimum absolute atomic E-state index is 0. The molecule has 0 aliphatic heterocycles. The molecule has 142 valence electrons. The van der Waals surface area contributed by atoms with E-state index in [-0.39, 0.29) is 36.5 Å². The molecule has 0 atom stereocenters. The highest BCUT2D eigenvalue weighted by atomic mass is 35.5. The molecule has 0 saturated carbocycles. The summed E-state index contributed by atoms with van der Waals surface area (Å²) >= 11 is 0. The van der Waals surface area contributed by atoms with Crippen molar-refractivity contribution in [2.24, 2.45) is 11.5 Å². The third-order valence-electron chi connectivity index (χ3n) is 3.76. The number of nitrogens with two attached hydrogens (primary N) is 2. The summed E-state index contributed by atoms with van der Waals surface area (Å²) in [6.07, 6.45) is 0. The average molecular weight is 408 g/mol. The molecule has 3 aromatic rings. The van der Waals surface area contributed by atoms with Gasteiger partial charge in [0.15, 0.2) is 5.76 Å². The number of hydrogen-bond donors (Lipinski definition) is 4. The summed E-state index contributed by atoms with van der Waals surface area (Å²) in [5.41, 5.74) is 14.3. The largest absolute Gasteiger partial charge is 0.496 e. The topological polar surface area (TPSA) is 135 Å². The van der Waals surface area contributed by atoms with Crippen molar-refractivity contribution in [3.05, 3.63) is 59.7 Å². The Morgan fingerprint density at radius 2 is 1.63 bits per heavy atom. The zero-order valence-electron chi connectivity index (χ0n) is 14.4. The Morgan fingerprint density at radius 3 is 2.26 bits per heavy atom. The van der Waals surface area contributed by atoms with Gasteiger partial charge < -0.3 is 20.7 Å². The van der Waals surface area contributed by atoms with Gasteiger partial charge in [0.2, 0.25) is 0 Å². The van der Waals surface area contributed by atoms with Crippen molar-refractivity contribution in [2.45, 2.75) is 0 Å². The predicted molar refractivity (Wildman–Crippen MR) is 110 cm³/mol. The van der Waals surface area contributed by atoms with Crippen LogP contribution in [0.15, 0.2) is 53.1 Å². The van der Waals surface area contributed by atoms with Crippen LogP contribution >= 0.6 is 24.8 Å². The number of hydrogen-bond acceptors (Lipinski definition) is 5. The molecule has 0 amide bonds. The Bertz CT molecular complexity index is 972. The molecule has 0 aliphatic carbocycles. The maximum Gasteiger partial charge on any atom is 0.167 e. The molecule has 1 heterocycles. The smallest absolute Gasteiger partial charge is 0.167 e. The van der Waals surface area contributed by atoms with Gasteiger partial charge in [-0.25, -0.2) is 0 Å². The number of nitrogen functional groups attached to an aromatic ring is 2. The predicted octanol–water partition coefficient (Wildman–Crippen LogP) is 3.43. The molecule has 0 unspecified atom stereocenters. The van der Waals surface area contributed by atoms with Gasteiger partial charge in [0, 0.05) is 28.3 Å². The molecule has 9 heteroatoms. The molecule has 0 aliphatic rings. The second kappa shape index (κ2) is 9.07. The lowest BCUT2D eigenvalue weighted by Crippen LogP contribution is -2.11. The molecular formula is C18H19Cl2N5O2. The highest BCUT2D eigenvalue weighted by Gasteiger charge is 2.14. The van der Waals surface area contributed by atoms with Gasteiger partial charge in [-0.05, 0) is 18.2 Å². The first kappa shape index (κ1) is 22.0. The Labute approximate surface area is 168 Å². The average Bonchev–Trinajstić information content (AvgIpc) is 3.11. The molecule has 0 radical (unpaired) electrons. The zero-order valence-corrected chi connectivity index (χ0v) is 16.0. The van der Waals surface area contributed by atoms with Gasteiger partial charge >= 0.3 is 0 Å². The molecule has 0 saturated heterocycles. The number of aromatic nitrogens is 1. The van der Waals surface area contributed by atoms with Gasteiger partial charge in [0.25, 0.3) is 0 Å². The molecule has 2 aromatic carbocycles. The van der Waals surface area contributed by atoms with Crippen molar-refractivity contribution in [3.63, 3.8) is 0 Å². The van der Waals surface area contributed by atoms with E-state index in [0.29, 0.717) is 28.3 Å². The van der Waals surface area contributed by atoms with E-state index in [2.05, 4.69) is 5.16 Å². The zero-order chi connectivity index (χ0) is 18.0. The van der Waals surface area contributed by atoms with Crippen molar-refractivity contribution in [2.75, 3.05) is 7.11 Å². The van der Waals surface area contributed by atoms with E-state index in [0.717, 1.165) is 11.1 Å². The van der Waals surface area contributed by atoms with Crippen LogP contribution in [0.3, 0.4) is 0 Å². The van der Waals surface area contributed by atoms with Crippen molar-refractivity contribution in [3.8, 4) is 28.3 Å². The van der Waals surface area contributed by atoms with E-state index in [4.69, 9.17) is 31.5 Å². The Balaban J connectivity index is 0.00000182. The van der Waals surface area contributed by atoms with E-state index in [1.165, 1.54) is 0 Å². The molecule has 0 fully saturated rings. The second-order valence-electron chi connectivity index (χ2n) is 5.40. The Morgan fingerprint density at radius 1 is 0.963 bits per heavy atom. The SMILES string of the molecule is COc1cc(C(=N)N)ccc1-c1cc(-c2cccc(C(=N)N)c2)on1.Cl.Cl. The summed E-state index contributed by atoms with van der Waals surface area (Å²) in [5, 5.41) is 19.1. The van der Waals surface area contributed by atoms with Gasteiger partial charge in [-0.1, -0.05) is 29.4 Å². The summed E-state index contributed by atoms with van der Waals surface area (Å²) in [5.74, 6) is 1.05. The number of nitrogens with zero attached hydrogens (tertiary/aromatic N) is 1. The van der Waals surface area contributed by atoms with Gasteiger partial charge in [-0.3, -0.25) is 10.8 Å². The summed E-state index contributed by atoms with van der Waals surface area (Å²) < 4.78 is 10.8. The normalized spacial score (nSPS) is 9.67. The fourth-order valence-corrected chi connectivity index (χ4v) is 2.45. The summed E-state index contributed by atoms with van der Waals surface area (Å²) in [6.45, 7) is 0. The van der Waals surface area contributed by atoms with Gasteiger partial charge in [-0.15, -0.1) is 24.8 Å². The van der Waals surface area contributed by atoms with Crippen LogP contribution in [0.5, 0.6) is 5.75 Å². The van der Waals surface area contributed by atoms with Crippen molar-refractivity contribution in [1.29, 1.82) is 10.8 Å². The maximum absolute atomic E-state index is 7.53. The molecule has 3 rings (SSSR count). The number of methoxy groups -OCH3 is 1. The fourth-order valence-electron chi connectivity index (χ4n) is 2.45. The second-order valence-corrected chi connectivity index (χ2v) is 5.40. The number of halogens is 2. The van der Waals surface area contributed by atoms with Crippen LogP contribution in [-0.2, 0) is 0 Å². The minimum atomic E-state index is -0.0354. The van der Waals surface area contributed by atoms with Gasteiger partial charge in [0.1, 0.15) is 23.1 Å². The fraction of sp³-hybridized carbons (Fsp3) is 0.0556. The Kier molecular flexibility index (Phi) is 7.39. The molecule has 1 aromatic heterocycles. The number of rotatable bonds is 5. The summed E-state index contributed by atoms with van der Waals surface area (Å²) in [6, 6.07) is 14.2. The standard InChI is InChI=1S/C18H17N5O2.2ClH/c1-24-16-8-12(18(21)22)5-6-13(16)14-9-15(25-23-14)10-3-2-4-11(7-10)17(19)20;;/h2-9H,1H3,(H3,19,20)(H3,21,22);2*1H. The van der Waals surface area contributed by atoms with E-state index < -0.39 is 0 Å². The van der Waals surface area contributed by atoms with Crippen LogP contribution in [-0.4, -0.2) is 23.9 Å². The lowest BCUT2D eigenvalue weighted by atomic mass is 10.0. The first-order valence-electron chi connectivity index (χ1n) is 7.44. The summed E-state index contributed by atoms with van der Waals surface area (Å²) in [4.78, 5) is 0. The quantitative estimate of drug-likeness (QED) is 0.379. The third-order valence-corrected chi connectivity index (χ3v) is 3.76. The van der Waals surface area contributed by atoms with E-state index in [1.54, 1.807) is 49.6 Å². The lowest BCUT2D eigenvalue weighted by Gasteiger charge is -2.07. The molecule has 7 nitrogen and oxygen atoms in total. The van der Waals surface area contributed by atoms with E-state index in [9.17, 15) is 0 Å². The molecule has 6 N–H and O–H groups in total. The highest BCUT2D eigenvalue weighted by Crippen LogP contribution is 2.33. The molecule has 0 bridgehead atoms. The first-order chi connectivity index (χ1) is 12.0. The first-order valence-corrected chi connectivity index (χ1v) is 7.44. The number of amidine groups is 2. The van der Waals surface area contributed by atoms with Crippen molar-refractivity contribution >= 4 is 36.5 Å². The van der Waals surface area contributed by atoms with Crippen LogP contribution in [0.1, 0.15) is 11.1 Å². The van der Waals surface area contributed by atoms with Crippen LogP contribution in [0.2, 0.25) is 0 Å². The van der Waals surface area contributed by atoms with Crippen LogP contribution in [0.4, 0.5) is 0 Å². The Hall–Kier alpha value is -3.03. The summed E-state index contributed by atoms with van der Waals surface area (Å²) in [7, 11) is 1.54. The monoisotopic (exact) mass is 407 g/mol. The molecule has 0 spiro atoms. The number of ether oxygens (including phenoxy) is 1. The van der Waals surface area contributed by atoms with Crippen molar-refractivity contribution < 1.29 is 9.26 Å². The number of nitrogens with one attached hydrogen (secondary N) is 2. The van der Waals surface area contributed by atoms with E-state index >= 15 is 0 Å². The van der Waals surface area contributed by atoms with Gasteiger partial charge in [-0.2, -0.15) is 0 Å². The number of benzene rings is 2. The maximum atomic E-state index is 7.53. The molecular weight excluding hydrogens is 389 g/mol. The minimum Gasteiger partial charge on any atom is -0.496 e. The van der Waals surface area contributed by atoms with Crippen molar-refractivity contribution in [1.82, 2.24) is 5.16 Å². The molecule has 27 heavy (non-hydrogen) atoms. The van der Waals surface area contributed by atoms with Crippen LogP contribution in [0, 0.1) is 10.8 Å². The van der Waals surface area contributed by atoms with E-state index in [1.807, 2.05) is 6.07 Å². The van der Waals surface area contributed by atoms with Crippen LogP contribution < -0.4 is 16.2 Å².